The van der Waals surface area contributed by atoms with E-state index >= 15 is 0 Å². The maximum atomic E-state index is 13.1. The van der Waals surface area contributed by atoms with E-state index in [0.29, 0.717) is 37.6 Å². The quantitative estimate of drug-likeness (QED) is 0.394. The van der Waals surface area contributed by atoms with Crippen molar-refractivity contribution in [2.45, 2.75) is 20.0 Å². The number of phenolic OH excluding ortho intramolecular Hbond substituents is 1. The van der Waals surface area contributed by atoms with Crippen molar-refractivity contribution in [2.75, 3.05) is 36.0 Å². The maximum Gasteiger partial charge on any atom is 0.416 e. The van der Waals surface area contributed by atoms with Gasteiger partial charge in [0.25, 0.3) is 0 Å². The zero-order valence-electron chi connectivity index (χ0n) is 19.5. The van der Waals surface area contributed by atoms with E-state index in [2.05, 4.69) is 9.88 Å². The summed E-state index contributed by atoms with van der Waals surface area (Å²) in [6, 6.07) is 15.3. The van der Waals surface area contributed by atoms with Crippen molar-refractivity contribution >= 4 is 22.5 Å². The Balaban J connectivity index is 1.36. The molecule has 1 aromatic heterocycles. The number of anilines is 2. The first-order chi connectivity index (χ1) is 16.7. The van der Waals surface area contributed by atoms with Crippen molar-refractivity contribution in [1.82, 2.24) is 9.97 Å². The minimum absolute atomic E-state index is 0.306. The van der Waals surface area contributed by atoms with Crippen LogP contribution in [0, 0.1) is 13.8 Å². The lowest BCUT2D eigenvalue weighted by Crippen LogP contribution is -2.46. The molecule has 2 heterocycles. The summed E-state index contributed by atoms with van der Waals surface area (Å²) in [6.45, 7) is 6.20. The summed E-state index contributed by atoms with van der Waals surface area (Å²) in [7, 11) is 0. The Hall–Kier alpha value is -3.81. The molecular weight excluding hydrogens is 453 g/mol. The minimum atomic E-state index is -4.35. The number of aryl methyl sites for hydroxylation is 2. The number of benzene rings is 3. The lowest BCUT2D eigenvalue weighted by molar-refractivity contribution is -0.137. The molecule has 1 aliphatic rings. The zero-order valence-corrected chi connectivity index (χ0v) is 19.5. The summed E-state index contributed by atoms with van der Waals surface area (Å²) in [5, 5.41) is 10.1. The van der Waals surface area contributed by atoms with Crippen LogP contribution in [0.4, 0.5) is 24.7 Å². The largest absolute Gasteiger partial charge is 0.507 e. The Labute approximate surface area is 201 Å². The second-order valence-corrected chi connectivity index (χ2v) is 8.91. The number of phenols is 1. The van der Waals surface area contributed by atoms with Gasteiger partial charge in [-0.25, -0.2) is 4.98 Å². The molecule has 3 aromatic carbocycles. The number of piperazine rings is 1. The molecule has 0 spiro atoms. The van der Waals surface area contributed by atoms with E-state index in [1.165, 1.54) is 12.1 Å². The number of aromatic nitrogens is 2. The van der Waals surface area contributed by atoms with Crippen molar-refractivity contribution in [1.29, 1.82) is 0 Å². The molecule has 1 fully saturated rings. The molecule has 0 atom stereocenters. The van der Waals surface area contributed by atoms with Crippen LogP contribution in [-0.4, -0.2) is 41.3 Å². The first kappa shape index (κ1) is 23.0. The summed E-state index contributed by atoms with van der Waals surface area (Å²) < 4.78 is 39.3. The van der Waals surface area contributed by atoms with Crippen molar-refractivity contribution in [3.8, 4) is 16.9 Å². The van der Waals surface area contributed by atoms with Gasteiger partial charge >= 0.3 is 6.18 Å². The highest BCUT2D eigenvalue weighted by atomic mass is 19.4. The van der Waals surface area contributed by atoms with Crippen LogP contribution in [0.1, 0.15) is 16.7 Å². The number of hydrogen-bond acceptors (Lipinski definition) is 5. The van der Waals surface area contributed by atoms with Gasteiger partial charge in [0.2, 0.25) is 0 Å². The van der Waals surface area contributed by atoms with Gasteiger partial charge < -0.3 is 14.9 Å². The van der Waals surface area contributed by atoms with Gasteiger partial charge in [-0.1, -0.05) is 12.1 Å². The Morgan fingerprint density at radius 2 is 1.49 bits per heavy atom. The average molecular weight is 479 g/mol. The molecule has 4 aromatic rings. The van der Waals surface area contributed by atoms with E-state index in [-0.39, 0.29) is 0 Å². The van der Waals surface area contributed by atoms with Crippen molar-refractivity contribution in [3.05, 3.63) is 77.5 Å². The summed E-state index contributed by atoms with van der Waals surface area (Å²) in [6.07, 6.45) is -2.61. The van der Waals surface area contributed by atoms with Crippen LogP contribution in [0.25, 0.3) is 22.2 Å². The first-order valence-corrected chi connectivity index (χ1v) is 11.4. The molecule has 180 valence electrons. The Morgan fingerprint density at radius 1 is 0.800 bits per heavy atom. The normalized spacial score (nSPS) is 14.5. The average Bonchev–Trinajstić information content (AvgIpc) is 2.86. The topological polar surface area (TPSA) is 52.5 Å². The van der Waals surface area contributed by atoms with Crippen LogP contribution >= 0.6 is 0 Å². The molecule has 1 saturated heterocycles. The fraction of sp³-hybridized carbons (Fsp3) is 0.259. The molecular formula is C27H25F3N4O. The van der Waals surface area contributed by atoms with Crippen molar-refractivity contribution < 1.29 is 18.3 Å². The number of hydrogen-bond donors (Lipinski definition) is 1. The van der Waals surface area contributed by atoms with Crippen LogP contribution in [0.15, 0.2) is 60.8 Å². The second-order valence-electron chi connectivity index (χ2n) is 8.91. The number of nitrogens with zero attached hydrogens (tertiary/aromatic N) is 4. The highest BCUT2D eigenvalue weighted by Crippen LogP contribution is 2.33. The smallest absolute Gasteiger partial charge is 0.416 e. The van der Waals surface area contributed by atoms with Gasteiger partial charge in [-0.3, -0.25) is 4.98 Å². The van der Waals surface area contributed by atoms with E-state index in [1.807, 2.05) is 49.1 Å². The molecule has 0 amide bonds. The molecule has 35 heavy (non-hydrogen) atoms. The number of rotatable bonds is 3. The zero-order chi connectivity index (χ0) is 24.7. The molecule has 5 rings (SSSR count). The molecule has 0 radical (unpaired) electrons. The second kappa shape index (κ2) is 8.76. The van der Waals surface area contributed by atoms with Gasteiger partial charge in [0.15, 0.2) is 0 Å². The molecule has 0 saturated carbocycles. The first-order valence-electron chi connectivity index (χ1n) is 11.4. The number of aromatic hydroxyl groups is 1. The fourth-order valence-electron chi connectivity index (χ4n) is 4.53. The molecule has 0 aliphatic carbocycles. The van der Waals surface area contributed by atoms with Gasteiger partial charge in [-0.15, -0.1) is 0 Å². The van der Waals surface area contributed by atoms with Gasteiger partial charge in [0.1, 0.15) is 11.6 Å². The fourth-order valence-corrected chi connectivity index (χ4v) is 4.53. The Morgan fingerprint density at radius 3 is 2.17 bits per heavy atom. The standard InChI is InChI=1S/C27H25F3N4O/c1-17-12-20(13-18(2)26(17)35)19-6-7-23-24(14-19)32-25(16-31-23)34-10-8-33(9-11-34)22-5-3-4-21(15-22)27(28,29)30/h3-7,12-16,35H,8-11H2,1-2H3. The monoisotopic (exact) mass is 478 g/mol. The lowest BCUT2D eigenvalue weighted by Gasteiger charge is -2.36. The third-order valence-corrected chi connectivity index (χ3v) is 6.50. The van der Waals surface area contributed by atoms with Crippen LogP contribution in [-0.2, 0) is 6.18 Å². The van der Waals surface area contributed by atoms with Crippen LogP contribution < -0.4 is 9.80 Å². The number of fused-ring (bicyclic) bond motifs is 1. The summed E-state index contributed by atoms with van der Waals surface area (Å²) in [5.41, 5.74) is 5.13. The summed E-state index contributed by atoms with van der Waals surface area (Å²) in [4.78, 5) is 13.5. The van der Waals surface area contributed by atoms with Crippen molar-refractivity contribution in [3.63, 3.8) is 0 Å². The highest BCUT2D eigenvalue weighted by molar-refractivity contribution is 5.83. The Bertz CT molecular complexity index is 1370. The third kappa shape index (κ3) is 4.60. The highest BCUT2D eigenvalue weighted by Gasteiger charge is 2.31. The predicted octanol–water partition coefficient (Wildman–Crippen LogP) is 5.96. The van der Waals surface area contributed by atoms with Gasteiger partial charge in [-0.05, 0) is 78.6 Å². The van der Waals surface area contributed by atoms with E-state index < -0.39 is 11.7 Å². The summed E-state index contributed by atoms with van der Waals surface area (Å²) >= 11 is 0. The predicted molar refractivity (Wildman–Crippen MR) is 132 cm³/mol. The van der Waals surface area contributed by atoms with Crippen LogP contribution in [0.3, 0.4) is 0 Å². The van der Waals surface area contributed by atoms with Gasteiger partial charge in [0, 0.05) is 31.9 Å². The molecule has 5 nitrogen and oxygen atoms in total. The van der Waals surface area contributed by atoms with Gasteiger partial charge in [-0.2, -0.15) is 13.2 Å². The summed E-state index contributed by atoms with van der Waals surface area (Å²) in [5.74, 6) is 1.05. The molecule has 1 N–H and O–H groups in total. The molecule has 8 heteroatoms. The number of halogens is 3. The molecule has 0 bridgehead atoms. The molecule has 0 unspecified atom stereocenters. The van der Waals surface area contributed by atoms with Gasteiger partial charge in [0.05, 0.1) is 22.8 Å². The lowest BCUT2D eigenvalue weighted by atomic mass is 9.99. The van der Waals surface area contributed by atoms with E-state index in [4.69, 9.17) is 4.98 Å². The van der Waals surface area contributed by atoms with Crippen LogP contribution in [0.5, 0.6) is 5.75 Å². The van der Waals surface area contributed by atoms with Crippen LogP contribution in [0.2, 0.25) is 0 Å². The third-order valence-electron chi connectivity index (χ3n) is 6.50. The Kier molecular flexibility index (Phi) is 5.75. The maximum absolute atomic E-state index is 13.1. The minimum Gasteiger partial charge on any atom is -0.507 e. The van der Waals surface area contributed by atoms with Crippen molar-refractivity contribution in [2.24, 2.45) is 0 Å². The SMILES string of the molecule is Cc1cc(-c2ccc3ncc(N4CCN(c5cccc(C(F)(F)F)c5)CC4)nc3c2)cc(C)c1O. The number of alkyl halides is 3. The molecule has 1 aliphatic heterocycles. The van der Waals surface area contributed by atoms with E-state index in [0.717, 1.165) is 45.2 Å². The van der Waals surface area contributed by atoms with E-state index in [9.17, 15) is 18.3 Å². The van der Waals surface area contributed by atoms with E-state index in [1.54, 1.807) is 12.3 Å².